The number of rotatable bonds is 7. The molecule has 0 N–H and O–H groups in total. The van der Waals surface area contributed by atoms with Crippen LogP contribution in [0, 0.1) is 12.4 Å². The Bertz CT molecular complexity index is 1770. The Morgan fingerprint density at radius 1 is 1.17 bits per heavy atom. The van der Waals surface area contributed by atoms with Gasteiger partial charge in [0.15, 0.2) is 5.83 Å². The molecule has 2 aromatic carbocycles. The molecule has 3 fully saturated rings. The lowest BCUT2D eigenvalue weighted by atomic mass is 9.97. The van der Waals surface area contributed by atoms with E-state index in [9.17, 15) is 13.6 Å². The number of nitrogens with zero attached hydrogens (tertiary/aromatic N) is 7. The molecule has 47 heavy (non-hydrogen) atoms. The average molecular weight is 664 g/mol. The Balaban J connectivity index is 1.24. The molecule has 7 rings (SSSR count). The molecule has 3 saturated heterocycles. The standard InChI is InChI=1S/C34H36ClF2N7O3/c1-22(36)32(45)44-14-13-42(18-24(44)17-38-2)31-25-9-12-41(28-6-3-5-23-7-8-26(37)30(35)29(23)28)19-27(25)39-33(40-31)47-21-34-10-4-11-43(34)15-16-46-20-34/h3,5-8,24H,1,4,9-21H2/t24-,34?/m0/s1. The van der Waals surface area contributed by atoms with Gasteiger partial charge in [-0.25, -0.2) is 15.4 Å². The molecule has 5 heterocycles. The number of carbonyl (C=O) groups is 1. The molecule has 4 aliphatic heterocycles. The fourth-order valence-electron chi connectivity index (χ4n) is 7.55. The monoisotopic (exact) mass is 663 g/mol. The van der Waals surface area contributed by atoms with Gasteiger partial charge >= 0.3 is 6.01 Å². The lowest BCUT2D eigenvalue weighted by molar-refractivity contribution is -0.131. The summed E-state index contributed by atoms with van der Waals surface area (Å²) >= 11 is 6.51. The van der Waals surface area contributed by atoms with Crippen molar-refractivity contribution in [3.05, 3.63) is 76.3 Å². The summed E-state index contributed by atoms with van der Waals surface area (Å²) in [5.74, 6) is -1.61. The number of carbonyl (C=O) groups excluding carboxylic acids is 1. The Morgan fingerprint density at radius 2 is 2.04 bits per heavy atom. The third kappa shape index (κ3) is 5.85. The van der Waals surface area contributed by atoms with Crippen LogP contribution in [-0.2, 0) is 22.5 Å². The summed E-state index contributed by atoms with van der Waals surface area (Å²) in [5, 5.41) is 1.58. The van der Waals surface area contributed by atoms with Crippen LogP contribution >= 0.6 is 11.6 Å². The first-order chi connectivity index (χ1) is 22.8. The summed E-state index contributed by atoms with van der Waals surface area (Å²) < 4.78 is 40.8. The van der Waals surface area contributed by atoms with Crippen molar-refractivity contribution >= 4 is 39.8 Å². The molecule has 0 spiro atoms. The number of benzene rings is 2. The SMILES string of the molecule is [C-]#[N+]C[C@H]1CN(c2nc(OCC34CCCN3CCOC4)nc3c2CCN(c2cccc4ccc(F)c(Cl)c24)C3)CCN1C(=O)C(=C)F. The quantitative estimate of drug-likeness (QED) is 0.267. The molecule has 246 valence electrons. The van der Waals surface area contributed by atoms with Gasteiger partial charge in [-0.2, -0.15) is 9.97 Å². The number of amides is 1. The molecule has 0 radical (unpaired) electrons. The van der Waals surface area contributed by atoms with Crippen LogP contribution in [0.5, 0.6) is 6.01 Å². The predicted octanol–water partition coefficient (Wildman–Crippen LogP) is 4.65. The topological polar surface area (TPSA) is 78.6 Å². The first-order valence-electron chi connectivity index (χ1n) is 16.0. The lowest BCUT2D eigenvalue weighted by Gasteiger charge is -2.42. The number of halogens is 3. The Morgan fingerprint density at radius 3 is 2.87 bits per heavy atom. The van der Waals surface area contributed by atoms with Crippen molar-refractivity contribution in [1.82, 2.24) is 19.8 Å². The van der Waals surface area contributed by atoms with Crippen LogP contribution in [0.15, 0.2) is 42.7 Å². The molecule has 3 aromatic rings. The molecule has 0 bridgehead atoms. The van der Waals surface area contributed by atoms with Gasteiger partial charge in [0.1, 0.15) is 24.3 Å². The van der Waals surface area contributed by atoms with Crippen molar-refractivity contribution in [3.8, 4) is 6.01 Å². The van der Waals surface area contributed by atoms with E-state index in [0.717, 1.165) is 48.3 Å². The zero-order chi connectivity index (χ0) is 32.7. The minimum Gasteiger partial charge on any atom is -0.461 e. The van der Waals surface area contributed by atoms with Crippen molar-refractivity contribution in [2.45, 2.75) is 37.4 Å². The van der Waals surface area contributed by atoms with Crippen LogP contribution in [0.1, 0.15) is 24.1 Å². The minimum atomic E-state index is -1.04. The highest BCUT2D eigenvalue weighted by atomic mass is 35.5. The van der Waals surface area contributed by atoms with Gasteiger partial charge in [-0.1, -0.05) is 36.4 Å². The molecule has 0 aliphatic carbocycles. The molecule has 13 heteroatoms. The molecule has 2 atom stereocenters. The Labute approximate surface area is 277 Å². The van der Waals surface area contributed by atoms with Crippen LogP contribution in [0.2, 0.25) is 5.02 Å². The van der Waals surface area contributed by atoms with Crippen molar-refractivity contribution in [2.75, 3.05) is 75.4 Å². The molecule has 10 nitrogen and oxygen atoms in total. The van der Waals surface area contributed by atoms with Gasteiger partial charge in [0.2, 0.25) is 6.54 Å². The van der Waals surface area contributed by atoms with Gasteiger partial charge in [0.05, 0.1) is 36.0 Å². The molecular formula is C34H36ClF2N7O3. The number of ether oxygens (including phenoxy) is 2. The van der Waals surface area contributed by atoms with Gasteiger partial charge < -0.3 is 29.0 Å². The van der Waals surface area contributed by atoms with Gasteiger partial charge in [0, 0.05) is 49.4 Å². The molecule has 1 unspecified atom stereocenters. The highest BCUT2D eigenvalue weighted by molar-refractivity contribution is 6.36. The van der Waals surface area contributed by atoms with Crippen LogP contribution in [0.3, 0.4) is 0 Å². The van der Waals surface area contributed by atoms with E-state index in [1.807, 2.05) is 18.2 Å². The summed E-state index contributed by atoms with van der Waals surface area (Å²) in [6, 6.07) is 8.61. The van der Waals surface area contributed by atoms with E-state index in [0.29, 0.717) is 63.6 Å². The Kier molecular flexibility index (Phi) is 8.63. The summed E-state index contributed by atoms with van der Waals surface area (Å²) in [7, 11) is 0. The molecule has 1 aromatic heterocycles. The average Bonchev–Trinajstić information content (AvgIpc) is 3.52. The summed E-state index contributed by atoms with van der Waals surface area (Å²) in [5.41, 5.74) is 2.31. The second-order valence-corrected chi connectivity index (χ2v) is 13.0. The largest absolute Gasteiger partial charge is 0.461 e. The normalized spacial score (nSPS) is 22.9. The second-order valence-electron chi connectivity index (χ2n) is 12.7. The first-order valence-corrected chi connectivity index (χ1v) is 16.4. The molecule has 1 amide bonds. The van der Waals surface area contributed by atoms with Crippen molar-refractivity contribution in [1.29, 1.82) is 0 Å². The van der Waals surface area contributed by atoms with E-state index in [-0.39, 0.29) is 29.7 Å². The maximum atomic E-state index is 14.6. The number of fused-ring (bicyclic) bond motifs is 3. The number of hydrogen-bond donors (Lipinski definition) is 0. The predicted molar refractivity (Wildman–Crippen MR) is 175 cm³/mol. The van der Waals surface area contributed by atoms with E-state index in [1.165, 1.54) is 11.0 Å². The van der Waals surface area contributed by atoms with E-state index in [1.54, 1.807) is 6.07 Å². The van der Waals surface area contributed by atoms with Gasteiger partial charge in [-0.15, -0.1) is 0 Å². The van der Waals surface area contributed by atoms with Crippen LogP contribution in [0.4, 0.5) is 20.3 Å². The third-order valence-corrected chi connectivity index (χ3v) is 10.3. The molecule has 4 aliphatic rings. The van der Waals surface area contributed by atoms with Crippen LogP contribution in [0.25, 0.3) is 15.6 Å². The first kappa shape index (κ1) is 31.5. The van der Waals surface area contributed by atoms with Crippen molar-refractivity contribution < 1.29 is 23.0 Å². The number of piperazine rings is 1. The van der Waals surface area contributed by atoms with Crippen LogP contribution < -0.4 is 14.5 Å². The van der Waals surface area contributed by atoms with Crippen molar-refractivity contribution in [2.24, 2.45) is 0 Å². The van der Waals surface area contributed by atoms with Crippen LogP contribution in [-0.4, -0.2) is 103 Å². The number of anilines is 2. The highest BCUT2D eigenvalue weighted by Gasteiger charge is 2.44. The van der Waals surface area contributed by atoms with Gasteiger partial charge in [0.25, 0.3) is 5.91 Å². The summed E-state index contributed by atoms with van der Waals surface area (Å²) in [6.07, 6.45) is 2.63. The number of hydrogen-bond acceptors (Lipinski definition) is 8. The van der Waals surface area contributed by atoms with Crippen molar-refractivity contribution in [3.63, 3.8) is 0 Å². The van der Waals surface area contributed by atoms with Gasteiger partial charge in [-0.05, 0) is 43.3 Å². The molecular weight excluding hydrogens is 628 g/mol. The third-order valence-electron chi connectivity index (χ3n) is 9.94. The van der Waals surface area contributed by atoms with E-state index in [2.05, 4.69) is 26.1 Å². The number of morpholine rings is 1. The fraction of sp³-hybridized carbons (Fsp3) is 0.471. The van der Waals surface area contributed by atoms with E-state index in [4.69, 9.17) is 37.6 Å². The summed E-state index contributed by atoms with van der Waals surface area (Å²) in [6.45, 7) is 16.2. The zero-order valence-electron chi connectivity index (χ0n) is 26.1. The maximum absolute atomic E-state index is 14.6. The fourth-order valence-corrected chi connectivity index (χ4v) is 7.82. The minimum absolute atomic E-state index is 0.0245. The zero-order valence-corrected chi connectivity index (χ0v) is 26.8. The highest BCUT2D eigenvalue weighted by Crippen LogP contribution is 2.39. The Hall–Kier alpha value is -4.05. The maximum Gasteiger partial charge on any atom is 0.318 e. The molecule has 0 saturated carbocycles. The smallest absolute Gasteiger partial charge is 0.318 e. The van der Waals surface area contributed by atoms with E-state index < -0.39 is 23.6 Å². The number of aromatic nitrogens is 2. The second kappa shape index (κ2) is 12.9. The van der Waals surface area contributed by atoms with E-state index >= 15 is 0 Å². The van der Waals surface area contributed by atoms with Gasteiger partial charge in [-0.3, -0.25) is 9.69 Å². The lowest BCUT2D eigenvalue weighted by Crippen LogP contribution is -2.57. The summed E-state index contributed by atoms with van der Waals surface area (Å²) in [4.78, 5) is 34.0.